The van der Waals surface area contributed by atoms with E-state index in [-0.39, 0.29) is 19.5 Å². The first-order chi connectivity index (χ1) is 20.7. The number of aromatic nitrogens is 2. The van der Waals surface area contributed by atoms with E-state index in [4.69, 9.17) is 10.8 Å². The third kappa shape index (κ3) is 11.7. The summed E-state index contributed by atoms with van der Waals surface area (Å²) in [6.07, 6.45) is 15.8. The zero-order chi connectivity index (χ0) is 29.8. The smallest absolute Gasteiger partial charge is 0.753 e. The maximum Gasteiger partial charge on any atom is 2.00 e. The van der Waals surface area contributed by atoms with Gasteiger partial charge in [0.1, 0.15) is 0 Å². The third-order valence-corrected chi connectivity index (χ3v) is 5.97. The molecule has 0 amide bonds. The molecule has 6 rings (SSSR count). The van der Waals surface area contributed by atoms with Crippen LogP contribution in [-0.4, -0.2) is 20.3 Å². The van der Waals surface area contributed by atoms with E-state index in [2.05, 4.69) is 144 Å². The minimum Gasteiger partial charge on any atom is -0.753 e. The largest absolute Gasteiger partial charge is 2.00 e. The van der Waals surface area contributed by atoms with Gasteiger partial charge in [-0.2, -0.15) is 10.3 Å². The van der Waals surface area contributed by atoms with Gasteiger partial charge in [0.05, 0.1) is 0 Å². The Morgan fingerprint density at radius 1 is 0.465 bits per heavy atom. The van der Waals surface area contributed by atoms with Gasteiger partial charge in [0, 0.05) is 24.8 Å². The number of fused-ring (bicyclic) bond motifs is 2. The van der Waals surface area contributed by atoms with Crippen LogP contribution in [0.3, 0.4) is 0 Å². The summed E-state index contributed by atoms with van der Waals surface area (Å²) in [5.74, 6) is 0. The zero-order valence-electron chi connectivity index (χ0n) is 23.3. The van der Waals surface area contributed by atoms with Gasteiger partial charge < -0.3 is 10.8 Å². The van der Waals surface area contributed by atoms with Crippen molar-refractivity contribution >= 4 is 80.6 Å². The van der Waals surface area contributed by atoms with Crippen LogP contribution < -0.4 is 0 Å². The second kappa shape index (κ2) is 20.3. The van der Waals surface area contributed by atoms with E-state index in [0.29, 0.717) is 0 Å². The van der Waals surface area contributed by atoms with E-state index in [1.807, 2.05) is 49.1 Å². The summed E-state index contributed by atoms with van der Waals surface area (Å²) in [7, 11) is 0. The molecule has 43 heavy (non-hydrogen) atoms. The molecule has 0 aliphatic heterocycles. The predicted molar refractivity (Wildman–Crippen MR) is 186 cm³/mol. The van der Waals surface area contributed by atoms with Gasteiger partial charge in [-0.05, 0) is 68.1 Å². The topological polar surface area (TPSA) is 70.4 Å². The van der Waals surface area contributed by atoms with Crippen LogP contribution in [0.15, 0.2) is 134 Å². The molecule has 7 heteroatoms. The first-order valence-electron chi connectivity index (χ1n) is 12.8. The van der Waals surface area contributed by atoms with Crippen LogP contribution in [0.25, 0.3) is 56.7 Å². The molecule has 0 radical (unpaired) electrons. The summed E-state index contributed by atoms with van der Waals surface area (Å²) >= 11 is 7.40. The Kier molecular flexibility index (Phi) is 16.3. The van der Waals surface area contributed by atoms with Crippen molar-refractivity contribution in [3.05, 3.63) is 167 Å². The Labute approximate surface area is 275 Å². The van der Waals surface area contributed by atoms with Crippen molar-refractivity contribution in [2.24, 2.45) is 0 Å². The molecular weight excluding hydrogens is 618 g/mol. The van der Waals surface area contributed by atoms with E-state index in [0.717, 1.165) is 11.1 Å². The Hall–Kier alpha value is -4.60. The molecule has 0 aliphatic rings. The van der Waals surface area contributed by atoms with Crippen LogP contribution in [0.4, 0.5) is 0 Å². The fraction of sp³-hybridized carbons (Fsp3) is 0. The number of thiocarbonyl (C=S) groups is 2. The van der Waals surface area contributed by atoms with E-state index < -0.39 is 0 Å². The standard InChI is InChI=1S/2C17H13N.2CNS.Zn/c2*1-2-7-17-15(4-1)5-3-6-16(17)9-8-14-10-12-18-13-11-14;2*2-1-3;/h2*1-13H;;;/q;;2*-1;+2/b2*9-8+;;;. The van der Waals surface area contributed by atoms with Crippen LogP contribution in [-0.2, 0) is 19.5 Å². The van der Waals surface area contributed by atoms with Crippen LogP contribution in [0.2, 0.25) is 0 Å². The Balaban J connectivity index is 0.000000249. The fourth-order valence-corrected chi connectivity index (χ4v) is 4.11. The van der Waals surface area contributed by atoms with Gasteiger partial charge >= 0.3 is 19.5 Å². The van der Waals surface area contributed by atoms with E-state index >= 15 is 0 Å². The van der Waals surface area contributed by atoms with Crippen LogP contribution >= 0.6 is 24.4 Å². The molecule has 0 atom stereocenters. The first kappa shape index (κ1) is 34.6. The molecule has 6 aromatic rings. The van der Waals surface area contributed by atoms with Crippen molar-refractivity contribution in [1.29, 1.82) is 0 Å². The molecule has 0 spiro atoms. The Bertz CT molecular complexity index is 1680. The minimum absolute atomic E-state index is 0. The van der Waals surface area contributed by atoms with Crippen molar-refractivity contribution < 1.29 is 19.5 Å². The monoisotopic (exact) mass is 642 g/mol. The SMILES string of the molecule is C(=C\c1cccc2ccccc12)/c1ccncc1.C(=C\c1cccc2ccccc12)/c1ccncc1.[N-]=C=S.[N-]=C=S.[Zn+2]. The fourth-order valence-electron chi connectivity index (χ4n) is 4.11. The summed E-state index contributed by atoms with van der Waals surface area (Å²) in [6.45, 7) is 0. The predicted octanol–water partition coefficient (Wildman–Crippen LogP) is 10.1. The molecule has 0 unspecified atom stereocenters. The van der Waals surface area contributed by atoms with E-state index in [1.165, 1.54) is 43.0 Å². The van der Waals surface area contributed by atoms with Gasteiger partial charge in [-0.25, -0.2) is 0 Å². The van der Waals surface area contributed by atoms with Crippen LogP contribution in [0.1, 0.15) is 22.3 Å². The third-order valence-electron chi connectivity index (χ3n) is 5.97. The molecule has 2 heterocycles. The van der Waals surface area contributed by atoms with Gasteiger partial charge in [-0.1, -0.05) is 134 Å². The Morgan fingerprint density at radius 3 is 1.16 bits per heavy atom. The molecule has 0 N–H and O–H groups in total. The summed E-state index contributed by atoms with van der Waals surface area (Å²) in [4.78, 5) is 8.03. The molecule has 0 fully saturated rings. The van der Waals surface area contributed by atoms with Crippen molar-refractivity contribution in [2.45, 2.75) is 0 Å². The second-order valence-electron chi connectivity index (χ2n) is 8.55. The minimum atomic E-state index is 0. The second-order valence-corrected chi connectivity index (χ2v) is 8.91. The number of benzene rings is 4. The van der Waals surface area contributed by atoms with Crippen LogP contribution in [0, 0.1) is 0 Å². The normalized spacial score (nSPS) is 9.67. The van der Waals surface area contributed by atoms with E-state index in [1.54, 1.807) is 0 Å². The van der Waals surface area contributed by atoms with Crippen molar-refractivity contribution in [1.82, 2.24) is 9.97 Å². The number of hydrogen-bond donors (Lipinski definition) is 0. The molecule has 4 aromatic carbocycles. The summed E-state index contributed by atoms with van der Waals surface area (Å²) in [6, 6.07) is 37.6. The molecule has 0 saturated heterocycles. The molecule has 0 bridgehead atoms. The van der Waals surface area contributed by atoms with E-state index in [9.17, 15) is 0 Å². The van der Waals surface area contributed by atoms with Gasteiger partial charge in [-0.3, -0.25) is 9.97 Å². The average molecular weight is 644 g/mol. The number of rotatable bonds is 4. The summed E-state index contributed by atoms with van der Waals surface area (Å²) < 4.78 is 0. The molecule has 0 saturated carbocycles. The quantitative estimate of drug-likeness (QED) is 0.109. The maximum atomic E-state index is 7.13. The van der Waals surface area contributed by atoms with Crippen molar-refractivity contribution in [3.63, 3.8) is 0 Å². The molecule has 4 nitrogen and oxygen atoms in total. The van der Waals surface area contributed by atoms with Gasteiger partial charge in [0.15, 0.2) is 0 Å². The van der Waals surface area contributed by atoms with Gasteiger partial charge in [0.25, 0.3) is 0 Å². The number of pyridine rings is 2. The van der Waals surface area contributed by atoms with Gasteiger partial charge in [0.2, 0.25) is 0 Å². The zero-order valence-corrected chi connectivity index (χ0v) is 27.9. The Morgan fingerprint density at radius 2 is 0.791 bits per heavy atom. The molecule has 0 aliphatic carbocycles. The number of hydrogen-bond acceptors (Lipinski definition) is 4. The summed E-state index contributed by atoms with van der Waals surface area (Å²) in [5.41, 5.74) is 4.81. The van der Waals surface area contributed by atoms with Crippen molar-refractivity contribution in [2.75, 3.05) is 0 Å². The molecule has 204 valence electrons. The molecular formula is C36H26N4S2Zn. The van der Waals surface area contributed by atoms with Crippen LogP contribution in [0.5, 0.6) is 0 Å². The van der Waals surface area contributed by atoms with Gasteiger partial charge in [-0.15, -0.1) is 0 Å². The average Bonchev–Trinajstić information content (AvgIpc) is 3.05. The first-order valence-corrected chi connectivity index (χ1v) is 13.7. The number of nitrogens with zero attached hydrogens (tertiary/aromatic N) is 4. The van der Waals surface area contributed by atoms with Crippen molar-refractivity contribution in [3.8, 4) is 0 Å². The maximum absolute atomic E-state index is 7.13. The number of isothiocyanates is 2. The molecule has 2 aromatic heterocycles. The summed E-state index contributed by atoms with van der Waals surface area (Å²) in [5, 5.41) is 22.0.